The number of carbonyl (C=O) groups excluding carboxylic acids is 2. The van der Waals surface area contributed by atoms with Gasteiger partial charge < -0.3 is 29.0 Å². The van der Waals surface area contributed by atoms with E-state index < -0.39 is 17.7 Å². The predicted octanol–water partition coefficient (Wildman–Crippen LogP) is 3.31. The van der Waals surface area contributed by atoms with Crippen LogP contribution < -0.4 is 14.2 Å². The largest absolute Gasteiger partial charge is 0.507 e. The van der Waals surface area contributed by atoms with Crippen molar-refractivity contribution in [1.29, 1.82) is 0 Å². The van der Waals surface area contributed by atoms with Crippen LogP contribution in [0.4, 0.5) is 0 Å². The van der Waals surface area contributed by atoms with Crippen molar-refractivity contribution in [2.24, 2.45) is 0 Å². The summed E-state index contributed by atoms with van der Waals surface area (Å²) < 4.78 is 21.7. The number of carbonyl (C=O) groups is 2. The summed E-state index contributed by atoms with van der Waals surface area (Å²) in [5.41, 5.74) is 1.06. The number of benzene rings is 2. The molecule has 2 aliphatic heterocycles. The highest BCUT2D eigenvalue weighted by molar-refractivity contribution is 6.46. The van der Waals surface area contributed by atoms with Crippen molar-refractivity contribution in [2.75, 3.05) is 34.5 Å². The Morgan fingerprint density at radius 2 is 1.76 bits per heavy atom. The highest BCUT2D eigenvalue weighted by Crippen LogP contribution is 2.42. The number of rotatable bonds is 7. The smallest absolute Gasteiger partial charge is 0.295 e. The molecule has 2 saturated heterocycles. The van der Waals surface area contributed by atoms with Crippen molar-refractivity contribution in [1.82, 2.24) is 4.90 Å². The van der Waals surface area contributed by atoms with Gasteiger partial charge in [0.2, 0.25) is 0 Å². The van der Waals surface area contributed by atoms with Crippen molar-refractivity contribution >= 4 is 17.4 Å². The van der Waals surface area contributed by atoms with Gasteiger partial charge in [0.05, 0.1) is 39.0 Å². The van der Waals surface area contributed by atoms with E-state index in [1.165, 1.54) is 19.1 Å². The lowest BCUT2D eigenvalue weighted by Gasteiger charge is -2.28. The molecule has 4 rings (SSSR count). The van der Waals surface area contributed by atoms with Crippen LogP contribution in [0.5, 0.6) is 17.2 Å². The molecular formula is C25H27NO7. The number of nitrogens with zero attached hydrogens (tertiary/aromatic N) is 1. The van der Waals surface area contributed by atoms with Gasteiger partial charge in [0, 0.05) is 18.7 Å². The number of Topliss-reactive ketones (excluding diaryl/α,β-unsaturated/α-hetero) is 1. The van der Waals surface area contributed by atoms with E-state index in [9.17, 15) is 14.7 Å². The number of hydrogen-bond donors (Lipinski definition) is 1. The zero-order valence-electron chi connectivity index (χ0n) is 18.9. The van der Waals surface area contributed by atoms with Crippen molar-refractivity contribution in [2.45, 2.75) is 25.0 Å². The number of ketones is 1. The second kappa shape index (κ2) is 9.54. The van der Waals surface area contributed by atoms with Crippen molar-refractivity contribution in [3.05, 3.63) is 59.2 Å². The first kappa shape index (κ1) is 22.7. The van der Waals surface area contributed by atoms with Crippen LogP contribution in [0.2, 0.25) is 0 Å². The molecule has 2 aliphatic rings. The van der Waals surface area contributed by atoms with Gasteiger partial charge in [-0.15, -0.1) is 0 Å². The van der Waals surface area contributed by atoms with Crippen LogP contribution in [0.1, 0.15) is 30.0 Å². The number of aliphatic hydroxyl groups is 1. The summed E-state index contributed by atoms with van der Waals surface area (Å²) in [6.07, 6.45) is 1.55. The van der Waals surface area contributed by atoms with E-state index in [0.717, 1.165) is 12.8 Å². The van der Waals surface area contributed by atoms with Gasteiger partial charge in [-0.25, -0.2) is 0 Å². The molecule has 0 saturated carbocycles. The van der Waals surface area contributed by atoms with Crippen LogP contribution >= 0.6 is 0 Å². The molecule has 174 valence electrons. The maximum Gasteiger partial charge on any atom is 0.295 e. The van der Waals surface area contributed by atoms with E-state index in [2.05, 4.69) is 0 Å². The first-order valence-electron chi connectivity index (χ1n) is 10.7. The fourth-order valence-corrected chi connectivity index (χ4v) is 4.35. The molecule has 2 heterocycles. The summed E-state index contributed by atoms with van der Waals surface area (Å²) in [7, 11) is 4.59. The van der Waals surface area contributed by atoms with Gasteiger partial charge in [0.25, 0.3) is 11.7 Å². The fraction of sp³-hybridized carbons (Fsp3) is 0.360. The molecule has 1 N–H and O–H groups in total. The Morgan fingerprint density at radius 1 is 1.03 bits per heavy atom. The maximum absolute atomic E-state index is 13.2. The lowest BCUT2D eigenvalue weighted by Crippen LogP contribution is -2.36. The molecule has 2 atom stereocenters. The second-order valence-corrected chi connectivity index (χ2v) is 7.93. The van der Waals surface area contributed by atoms with Gasteiger partial charge in [-0.3, -0.25) is 9.59 Å². The Bertz CT molecular complexity index is 1070. The minimum atomic E-state index is -0.795. The van der Waals surface area contributed by atoms with Gasteiger partial charge in [-0.2, -0.15) is 0 Å². The average Bonchev–Trinajstić information content (AvgIpc) is 3.45. The Kier molecular flexibility index (Phi) is 6.55. The predicted molar refractivity (Wildman–Crippen MR) is 121 cm³/mol. The molecule has 2 aromatic rings. The van der Waals surface area contributed by atoms with Gasteiger partial charge in [0.1, 0.15) is 11.5 Å². The molecule has 0 unspecified atom stereocenters. The Balaban J connectivity index is 1.83. The van der Waals surface area contributed by atoms with Crippen LogP contribution in [-0.4, -0.2) is 62.3 Å². The number of methoxy groups -OCH3 is 3. The lowest BCUT2D eigenvalue weighted by molar-refractivity contribution is -0.140. The molecule has 2 aromatic carbocycles. The maximum atomic E-state index is 13.2. The van der Waals surface area contributed by atoms with Crippen LogP contribution in [-0.2, 0) is 14.3 Å². The second-order valence-electron chi connectivity index (χ2n) is 7.93. The first-order valence-corrected chi connectivity index (χ1v) is 10.7. The summed E-state index contributed by atoms with van der Waals surface area (Å²) in [6, 6.07) is 11.1. The van der Waals surface area contributed by atoms with Crippen molar-refractivity contribution in [3.63, 3.8) is 0 Å². The van der Waals surface area contributed by atoms with E-state index in [0.29, 0.717) is 35.0 Å². The summed E-state index contributed by atoms with van der Waals surface area (Å²) >= 11 is 0. The van der Waals surface area contributed by atoms with Crippen LogP contribution in [0, 0.1) is 0 Å². The Hall–Kier alpha value is -3.52. The number of ether oxygens (including phenoxy) is 4. The molecular weight excluding hydrogens is 426 g/mol. The Labute approximate surface area is 192 Å². The fourth-order valence-electron chi connectivity index (χ4n) is 4.35. The number of aliphatic hydroxyl groups excluding tert-OH is 1. The van der Waals surface area contributed by atoms with E-state index in [1.807, 2.05) is 0 Å². The van der Waals surface area contributed by atoms with E-state index in [4.69, 9.17) is 18.9 Å². The Morgan fingerprint density at radius 3 is 2.36 bits per heavy atom. The van der Waals surface area contributed by atoms with Crippen molar-refractivity contribution < 1.29 is 33.6 Å². The third kappa shape index (κ3) is 4.26. The minimum absolute atomic E-state index is 0.0235. The summed E-state index contributed by atoms with van der Waals surface area (Å²) in [5, 5.41) is 11.2. The highest BCUT2D eigenvalue weighted by atomic mass is 16.5. The van der Waals surface area contributed by atoms with Crippen LogP contribution in [0.15, 0.2) is 48.0 Å². The molecule has 8 heteroatoms. The topological polar surface area (TPSA) is 94.5 Å². The monoisotopic (exact) mass is 453 g/mol. The minimum Gasteiger partial charge on any atom is -0.507 e. The lowest BCUT2D eigenvalue weighted by atomic mass is 9.94. The molecule has 0 spiro atoms. The number of amides is 1. The molecule has 0 aromatic heterocycles. The van der Waals surface area contributed by atoms with Crippen LogP contribution in [0.3, 0.4) is 0 Å². The van der Waals surface area contributed by atoms with Crippen molar-refractivity contribution in [3.8, 4) is 17.2 Å². The molecule has 1 amide bonds. The van der Waals surface area contributed by atoms with Gasteiger partial charge >= 0.3 is 0 Å². The molecule has 2 fully saturated rings. The standard InChI is InChI=1S/C25H27NO7/c1-30-17-9-6-15(7-10-17)23(27)21-22(16-8-11-19(31-2)20(13-16)32-3)26(25(29)24(21)28)14-18-5-4-12-33-18/h6-11,13,18,22,27H,4-5,12,14H2,1-3H3/b23-21+/t18-,22-/m1/s1. The summed E-state index contributed by atoms with van der Waals surface area (Å²) in [5.74, 6) is -0.0523. The van der Waals surface area contributed by atoms with Gasteiger partial charge in [-0.05, 0) is 54.8 Å². The molecule has 0 aliphatic carbocycles. The van der Waals surface area contributed by atoms with E-state index in [1.54, 1.807) is 49.6 Å². The average molecular weight is 453 g/mol. The first-order chi connectivity index (χ1) is 16.0. The zero-order chi connectivity index (χ0) is 23.5. The SMILES string of the molecule is COc1ccc(/C(O)=C2\C(=O)C(=O)N(C[C@H]3CCCO3)[C@@H]2c2ccc(OC)c(OC)c2)cc1. The van der Waals surface area contributed by atoms with E-state index >= 15 is 0 Å². The normalized spacial score (nSPS) is 22.0. The van der Waals surface area contributed by atoms with Crippen LogP contribution in [0.25, 0.3) is 5.76 Å². The number of hydrogen-bond acceptors (Lipinski definition) is 7. The summed E-state index contributed by atoms with van der Waals surface area (Å²) in [6.45, 7) is 0.879. The van der Waals surface area contributed by atoms with E-state index in [-0.39, 0.29) is 24.0 Å². The highest BCUT2D eigenvalue weighted by Gasteiger charge is 2.47. The third-order valence-corrected chi connectivity index (χ3v) is 6.05. The zero-order valence-corrected chi connectivity index (χ0v) is 18.9. The molecule has 0 bridgehead atoms. The number of likely N-dealkylation sites (tertiary alicyclic amines) is 1. The quantitative estimate of drug-likeness (QED) is 0.390. The molecule has 8 nitrogen and oxygen atoms in total. The third-order valence-electron chi connectivity index (χ3n) is 6.05. The van der Waals surface area contributed by atoms with Gasteiger partial charge in [0.15, 0.2) is 11.5 Å². The molecule has 33 heavy (non-hydrogen) atoms. The molecule has 0 radical (unpaired) electrons. The summed E-state index contributed by atoms with van der Waals surface area (Å²) in [4.78, 5) is 27.7. The van der Waals surface area contributed by atoms with Gasteiger partial charge in [-0.1, -0.05) is 6.07 Å².